The van der Waals surface area contributed by atoms with E-state index in [0.717, 1.165) is 0 Å². The first-order chi connectivity index (χ1) is 10.7. The van der Waals surface area contributed by atoms with E-state index in [-0.39, 0.29) is 25.0 Å². The second-order valence-electron chi connectivity index (χ2n) is 5.09. The third-order valence-electron chi connectivity index (χ3n) is 3.74. The molecule has 0 aromatic heterocycles. The van der Waals surface area contributed by atoms with Gasteiger partial charge in [-0.25, -0.2) is 4.39 Å². The molecule has 22 heavy (non-hydrogen) atoms. The number of morpholine rings is 1. The molecule has 1 heterocycles. The molecule has 1 fully saturated rings. The molecule has 0 radical (unpaired) electrons. The van der Waals surface area contributed by atoms with Crippen molar-refractivity contribution in [1.29, 1.82) is 0 Å². The first-order valence-electron chi connectivity index (χ1n) is 7.26. The molecule has 0 bridgehead atoms. The molecule has 1 aromatic rings. The van der Waals surface area contributed by atoms with E-state index in [1.807, 2.05) is 4.90 Å². The number of hydrogen-bond acceptors (Lipinski definition) is 5. The molecule has 122 valence electrons. The van der Waals surface area contributed by atoms with Gasteiger partial charge in [-0.3, -0.25) is 4.79 Å². The van der Waals surface area contributed by atoms with Crippen molar-refractivity contribution in [3.05, 3.63) is 24.0 Å². The molecule has 6 nitrogen and oxygen atoms in total. The van der Waals surface area contributed by atoms with E-state index in [2.05, 4.69) is 0 Å². The van der Waals surface area contributed by atoms with E-state index in [9.17, 15) is 9.18 Å². The number of methoxy groups -OCH3 is 1. The lowest BCUT2D eigenvalue weighted by Crippen LogP contribution is -2.38. The number of hydrogen-bond donors (Lipinski definition) is 1. The highest BCUT2D eigenvalue weighted by Crippen LogP contribution is 2.25. The van der Waals surface area contributed by atoms with Gasteiger partial charge in [0.25, 0.3) is 0 Å². The third kappa shape index (κ3) is 3.94. The number of halogens is 1. The predicted octanol–water partition coefficient (Wildman–Crippen LogP) is 0.599. The number of rotatable bonds is 7. The zero-order chi connectivity index (χ0) is 15.9. The maximum absolute atomic E-state index is 14.4. The number of carbonyl (C=O) groups excluding carboxylic acids is 1. The monoisotopic (exact) mass is 311 g/mol. The van der Waals surface area contributed by atoms with Crippen LogP contribution in [0.25, 0.3) is 0 Å². The quantitative estimate of drug-likeness (QED) is 0.747. The summed E-state index contributed by atoms with van der Waals surface area (Å²) in [6, 6.07) is 4.78. The first kappa shape index (κ1) is 16.7. The molecule has 0 spiro atoms. The van der Waals surface area contributed by atoms with Gasteiger partial charge >= 0.3 is 0 Å². The van der Waals surface area contributed by atoms with E-state index < -0.39 is 0 Å². The van der Waals surface area contributed by atoms with E-state index in [4.69, 9.17) is 15.2 Å². The van der Waals surface area contributed by atoms with Crippen molar-refractivity contribution >= 4 is 17.8 Å². The highest BCUT2D eigenvalue weighted by molar-refractivity contribution is 5.76. The fraction of sp³-hybridized carbons (Fsp3) is 0.533. The number of amides is 1. The number of benzene rings is 1. The number of nitrogens with zero attached hydrogens (tertiary/aromatic N) is 2. The summed E-state index contributed by atoms with van der Waals surface area (Å²) in [6.45, 7) is 3.07. The van der Waals surface area contributed by atoms with Crippen molar-refractivity contribution in [2.24, 2.45) is 5.73 Å². The van der Waals surface area contributed by atoms with Crippen LogP contribution in [0.5, 0.6) is 0 Å². The van der Waals surface area contributed by atoms with Crippen LogP contribution in [0.4, 0.5) is 15.8 Å². The molecule has 2 rings (SSSR count). The minimum atomic E-state index is -0.354. The Balaban J connectivity index is 2.14. The normalized spacial score (nSPS) is 16.4. The van der Waals surface area contributed by atoms with Crippen molar-refractivity contribution in [2.45, 2.75) is 6.10 Å². The van der Waals surface area contributed by atoms with Gasteiger partial charge in [-0.2, -0.15) is 0 Å². The summed E-state index contributed by atoms with van der Waals surface area (Å²) >= 11 is 0. The summed E-state index contributed by atoms with van der Waals surface area (Å²) < 4.78 is 24.8. The third-order valence-corrected chi connectivity index (χ3v) is 3.74. The molecular formula is C15H22FN3O3. The Morgan fingerprint density at radius 1 is 1.50 bits per heavy atom. The highest BCUT2D eigenvalue weighted by atomic mass is 19.1. The van der Waals surface area contributed by atoms with Crippen LogP contribution in [-0.2, 0) is 14.3 Å². The summed E-state index contributed by atoms with van der Waals surface area (Å²) in [7, 11) is 1.53. The van der Waals surface area contributed by atoms with Crippen molar-refractivity contribution in [1.82, 2.24) is 0 Å². The zero-order valence-corrected chi connectivity index (χ0v) is 12.7. The van der Waals surface area contributed by atoms with Gasteiger partial charge in [-0.1, -0.05) is 0 Å². The van der Waals surface area contributed by atoms with E-state index in [1.165, 1.54) is 18.1 Å². The van der Waals surface area contributed by atoms with Gasteiger partial charge in [-0.15, -0.1) is 0 Å². The van der Waals surface area contributed by atoms with Crippen molar-refractivity contribution in [3.63, 3.8) is 0 Å². The van der Waals surface area contributed by atoms with Gasteiger partial charge in [0.2, 0.25) is 6.41 Å². The van der Waals surface area contributed by atoms with Crippen LogP contribution in [0.1, 0.15) is 0 Å². The molecule has 7 heteroatoms. The Morgan fingerprint density at radius 3 is 2.77 bits per heavy atom. The lowest BCUT2D eigenvalue weighted by atomic mass is 10.2. The standard InChI is InChI=1S/C15H22FN3O3/c1-21-13(9-17)10-19(11-20)12-2-3-15(14(16)8-12)18-4-6-22-7-5-18/h2-3,8,11,13H,4-7,9-10,17H2,1H3/t13-/m0/s1. The van der Waals surface area contributed by atoms with Gasteiger partial charge in [-0.05, 0) is 18.2 Å². The molecule has 0 aliphatic carbocycles. The van der Waals surface area contributed by atoms with Gasteiger partial charge in [0.05, 0.1) is 31.5 Å². The Labute approximate surface area is 129 Å². The number of nitrogens with two attached hydrogens (primary N) is 1. The summed E-state index contributed by atoms with van der Waals surface area (Å²) in [6.07, 6.45) is 0.373. The van der Waals surface area contributed by atoms with Crippen LogP contribution in [0, 0.1) is 5.82 Å². The van der Waals surface area contributed by atoms with Crippen LogP contribution in [0.3, 0.4) is 0 Å². The molecule has 0 saturated carbocycles. The highest BCUT2D eigenvalue weighted by Gasteiger charge is 2.18. The average Bonchev–Trinajstić information content (AvgIpc) is 2.57. The summed E-state index contributed by atoms with van der Waals surface area (Å²) in [4.78, 5) is 14.6. The molecule has 1 atom stereocenters. The van der Waals surface area contributed by atoms with Crippen LogP contribution in [0.15, 0.2) is 18.2 Å². The van der Waals surface area contributed by atoms with Crippen LogP contribution < -0.4 is 15.5 Å². The second kappa shape index (κ2) is 8.07. The molecule has 2 N–H and O–H groups in total. The first-order valence-corrected chi connectivity index (χ1v) is 7.26. The predicted molar refractivity (Wildman–Crippen MR) is 82.7 cm³/mol. The Bertz CT molecular complexity index is 491. The van der Waals surface area contributed by atoms with Crippen LogP contribution >= 0.6 is 0 Å². The fourth-order valence-corrected chi connectivity index (χ4v) is 2.41. The molecule has 1 aliphatic heterocycles. The lowest BCUT2D eigenvalue weighted by Gasteiger charge is -2.30. The molecule has 1 aromatic carbocycles. The minimum absolute atomic E-state index is 0.285. The number of carbonyl (C=O) groups is 1. The lowest BCUT2D eigenvalue weighted by molar-refractivity contribution is -0.107. The average molecular weight is 311 g/mol. The van der Waals surface area contributed by atoms with Gasteiger partial charge in [0.1, 0.15) is 5.82 Å². The van der Waals surface area contributed by atoms with Crippen LogP contribution in [-0.4, -0.2) is 59.0 Å². The molecular weight excluding hydrogens is 289 g/mol. The van der Waals surface area contributed by atoms with Crippen LogP contribution in [0.2, 0.25) is 0 Å². The number of ether oxygens (including phenoxy) is 2. The van der Waals surface area contributed by atoms with Crippen molar-refractivity contribution in [3.8, 4) is 0 Å². The fourth-order valence-electron chi connectivity index (χ4n) is 2.41. The molecule has 1 aliphatic rings. The van der Waals surface area contributed by atoms with Gasteiger partial charge < -0.3 is 25.0 Å². The molecule has 1 amide bonds. The van der Waals surface area contributed by atoms with E-state index in [1.54, 1.807) is 12.1 Å². The molecule has 1 saturated heterocycles. The molecule has 0 unspecified atom stereocenters. The smallest absolute Gasteiger partial charge is 0.214 e. The Morgan fingerprint density at radius 2 is 2.23 bits per heavy atom. The summed E-state index contributed by atoms with van der Waals surface area (Å²) in [5.41, 5.74) is 6.57. The van der Waals surface area contributed by atoms with E-state index in [0.29, 0.717) is 44.1 Å². The van der Waals surface area contributed by atoms with E-state index >= 15 is 0 Å². The van der Waals surface area contributed by atoms with Crippen molar-refractivity contribution in [2.75, 3.05) is 56.3 Å². The Hall–Kier alpha value is -1.70. The van der Waals surface area contributed by atoms with Gasteiger partial charge in [0, 0.05) is 32.4 Å². The second-order valence-corrected chi connectivity index (χ2v) is 5.09. The zero-order valence-electron chi connectivity index (χ0n) is 12.7. The topological polar surface area (TPSA) is 68.0 Å². The van der Waals surface area contributed by atoms with Gasteiger partial charge in [0.15, 0.2) is 0 Å². The maximum Gasteiger partial charge on any atom is 0.214 e. The maximum atomic E-state index is 14.4. The minimum Gasteiger partial charge on any atom is -0.378 e. The summed E-state index contributed by atoms with van der Waals surface area (Å²) in [5, 5.41) is 0. The Kier molecular flexibility index (Phi) is 6.11. The largest absolute Gasteiger partial charge is 0.378 e. The SMILES string of the molecule is CO[C@@H](CN)CN(C=O)c1ccc(N2CCOCC2)c(F)c1. The van der Waals surface area contributed by atoms with Crippen molar-refractivity contribution < 1.29 is 18.7 Å². The summed E-state index contributed by atoms with van der Waals surface area (Å²) in [5.74, 6) is -0.354. The number of anilines is 2.